The van der Waals surface area contributed by atoms with Crippen LogP contribution in [0.15, 0.2) is 30.6 Å². The lowest BCUT2D eigenvalue weighted by Crippen LogP contribution is -2.36. The summed E-state index contributed by atoms with van der Waals surface area (Å²) in [6.45, 7) is 3.93. The van der Waals surface area contributed by atoms with Crippen molar-refractivity contribution in [2.75, 3.05) is 29.9 Å². The van der Waals surface area contributed by atoms with Gasteiger partial charge in [0, 0.05) is 37.6 Å². The Morgan fingerprint density at radius 2 is 2.00 bits per heavy atom. The molecule has 0 aliphatic carbocycles. The molecule has 0 spiro atoms. The Hall–Kier alpha value is -3.20. The van der Waals surface area contributed by atoms with E-state index in [9.17, 15) is 9.90 Å². The molecule has 0 radical (unpaired) electrons. The van der Waals surface area contributed by atoms with E-state index in [1.165, 1.54) is 0 Å². The van der Waals surface area contributed by atoms with Gasteiger partial charge in [0.25, 0.3) is 0 Å². The molecule has 1 fully saturated rings. The number of benzene rings is 1. The smallest absolute Gasteiger partial charge is 0.321 e. The lowest BCUT2D eigenvalue weighted by atomic mass is 10.1. The van der Waals surface area contributed by atoms with E-state index in [2.05, 4.69) is 35.5 Å². The molecule has 3 heterocycles. The van der Waals surface area contributed by atoms with Crippen molar-refractivity contribution in [3.63, 3.8) is 0 Å². The summed E-state index contributed by atoms with van der Waals surface area (Å²) in [6, 6.07) is 5.52. The van der Waals surface area contributed by atoms with Crippen LogP contribution in [0.4, 0.5) is 16.7 Å². The maximum atomic E-state index is 11.6. The summed E-state index contributed by atoms with van der Waals surface area (Å²) in [5.41, 5.74) is 3.42. The van der Waals surface area contributed by atoms with E-state index in [1.54, 1.807) is 12.4 Å². The predicted octanol–water partition coefficient (Wildman–Crippen LogP) is 2.12. The summed E-state index contributed by atoms with van der Waals surface area (Å²) in [4.78, 5) is 30.2. The number of aromatic nitrogens is 4. The van der Waals surface area contributed by atoms with Gasteiger partial charge in [-0.2, -0.15) is 0 Å². The summed E-state index contributed by atoms with van der Waals surface area (Å²) in [5.74, 6) is 1.09. The maximum absolute atomic E-state index is 11.6. The van der Waals surface area contributed by atoms with Crippen LogP contribution in [0.25, 0.3) is 22.2 Å². The van der Waals surface area contributed by atoms with Gasteiger partial charge in [0.05, 0.1) is 17.1 Å². The number of aromatic amines is 1. The fourth-order valence-corrected chi connectivity index (χ4v) is 3.26. The molecule has 1 aromatic carbocycles. The number of H-pyrrole nitrogens is 1. The molecule has 0 unspecified atom stereocenters. The third kappa shape index (κ3) is 3.89. The van der Waals surface area contributed by atoms with Crippen LogP contribution in [-0.4, -0.2) is 56.8 Å². The van der Waals surface area contributed by atoms with Crippen molar-refractivity contribution in [1.82, 2.24) is 25.3 Å². The highest BCUT2D eigenvalue weighted by Crippen LogP contribution is 2.25. The molecule has 1 saturated heterocycles. The molecule has 0 bridgehead atoms. The number of rotatable bonds is 4. The highest BCUT2D eigenvalue weighted by atomic mass is 16.3. The molecular weight excluding hydrogens is 358 g/mol. The van der Waals surface area contributed by atoms with E-state index in [4.69, 9.17) is 0 Å². The van der Waals surface area contributed by atoms with E-state index in [1.807, 2.05) is 25.1 Å². The number of hydrogen-bond acceptors (Lipinski definition) is 6. The van der Waals surface area contributed by atoms with E-state index in [0.717, 1.165) is 48.1 Å². The van der Waals surface area contributed by atoms with Crippen molar-refractivity contribution in [3.05, 3.63) is 30.6 Å². The lowest BCUT2D eigenvalue weighted by Gasteiger charge is -2.29. The highest BCUT2D eigenvalue weighted by Gasteiger charge is 2.19. The molecule has 0 saturated carbocycles. The van der Waals surface area contributed by atoms with Gasteiger partial charge < -0.3 is 20.3 Å². The van der Waals surface area contributed by atoms with E-state index in [-0.39, 0.29) is 12.1 Å². The van der Waals surface area contributed by atoms with Crippen LogP contribution in [0.5, 0.6) is 0 Å². The number of imidazole rings is 1. The molecule has 2 amide bonds. The van der Waals surface area contributed by atoms with Crippen molar-refractivity contribution >= 4 is 29.0 Å². The van der Waals surface area contributed by atoms with Gasteiger partial charge in [0.15, 0.2) is 0 Å². The van der Waals surface area contributed by atoms with Crippen LogP contribution < -0.4 is 15.5 Å². The van der Waals surface area contributed by atoms with Crippen LogP contribution >= 0.6 is 0 Å². The third-order valence-electron chi connectivity index (χ3n) is 4.77. The molecule has 9 nitrogen and oxygen atoms in total. The SMILES string of the molecule is CCNC(=O)Nc1nc2cc(-c3cnc(N4CCC(O)CC4)nc3)ccc2[nH]1. The number of hydrogen-bond donors (Lipinski definition) is 4. The predicted molar refractivity (Wildman–Crippen MR) is 107 cm³/mol. The minimum absolute atomic E-state index is 0.219. The van der Waals surface area contributed by atoms with Crippen molar-refractivity contribution < 1.29 is 9.90 Å². The zero-order valence-corrected chi connectivity index (χ0v) is 15.6. The summed E-state index contributed by atoms with van der Waals surface area (Å²) >= 11 is 0. The number of urea groups is 1. The number of carbonyl (C=O) groups is 1. The highest BCUT2D eigenvalue weighted by molar-refractivity contribution is 5.90. The normalized spacial score (nSPS) is 15.0. The molecule has 9 heteroatoms. The summed E-state index contributed by atoms with van der Waals surface area (Å²) in [7, 11) is 0. The van der Waals surface area contributed by atoms with E-state index in [0.29, 0.717) is 18.4 Å². The van der Waals surface area contributed by atoms with Gasteiger partial charge in [0.2, 0.25) is 11.9 Å². The molecule has 1 aliphatic heterocycles. The Labute approximate surface area is 162 Å². The van der Waals surface area contributed by atoms with E-state index < -0.39 is 0 Å². The second kappa shape index (κ2) is 7.81. The summed E-state index contributed by atoms with van der Waals surface area (Å²) < 4.78 is 0. The molecule has 1 aliphatic rings. The molecule has 0 atom stereocenters. The van der Waals surface area contributed by atoms with Crippen LogP contribution in [-0.2, 0) is 0 Å². The number of anilines is 2. The molecule has 146 valence electrons. The van der Waals surface area contributed by atoms with Crippen LogP contribution in [0, 0.1) is 0 Å². The summed E-state index contributed by atoms with van der Waals surface area (Å²) in [6.07, 6.45) is 4.87. The van der Waals surface area contributed by atoms with E-state index >= 15 is 0 Å². The Kier molecular flexibility index (Phi) is 5.07. The number of carbonyl (C=O) groups excluding carboxylic acids is 1. The number of amides is 2. The van der Waals surface area contributed by atoms with Crippen molar-refractivity contribution in [2.45, 2.75) is 25.9 Å². The minimum atomic E-state index is -0.295. The number of nitrogens with zero attached hydrogens (tertiary/aromatic N) is 4. The number of piperidine rings is 1. The third-order valence-corrected chi connectivity index (χ3v) is 4.77. The van der Waals surface area contributed by atoms with Gasteiger partial charge in [-0.05, 0) is 37.5 Å². The lowest BCUT2D eigenvalue weighted by molar-refractivity contribution is 0.145. The minimum Gasteiger partial charge on any atom is -0.393 e. The number of aliphatic hydroxyl groups excluding tert-OH is 1. The van der Waals surface area contributed by atoms with Gasteiger partial charge in [0.1, 0.15) is 0 Å². The standard InChI is InChI=1S/C19H23N7O2/c1-2-20-19(28)25-17-23-15-4-3-12(9-16(15)24-17)13-10-21-18(22-11-13)26-7-5-14(27)6-8-26/h3-4,9-11,14,27H,2,5-8H2,1H3,(H3,20,23,24,25,28). The monoisotopic (exact) mass is 381 g/mol. The average molecular weight is 381 g/mol. The van der Waals surface area contributed by atoms with Gasteiger partial charge in [-0.15, -0.1) is 0 Å². The second-order valence-electron chi connectivity index (χ2n) is 6.79. The zero-order valence-electron chi connectivity index (χ0n) is 15.6. The first-order valence-electron chi connectivity index (χ1n) is 9.42. The molecule has 28 heavy (non-hydrogen) atoms. The Balaban J connectivity index is 1.51. The maximum Gasteiger partial charge on any atom is 0.321 e. The van der Waals surface area contributed by atoms with Crippen molar-refractivity contribution in [2.24, 2.45) is 0 Å². The Morgan fingerprint density at radius 3 is 2.71 bits per heavy atom. The van der Waals surface area contributed by atoms with Crippen molar-refractivity contribution in [1.29, 1.82) is 0 Å². The number of aliphatic hydroxyl groups is 1. The second-order valence-corrected chi connectivity index (χ2v) is 6.79. The van der Waals surface area contributed by atoms with Gasteiger partial charge >= 0.3 is 6.03 Å². The number of nitrogens with one attached hydrogen (secondary N) is 3. The summed E-state index contributed by atoms with van der Waals surface area (Å²) in [5, 5.41) is 15.0. The molecule has 4 N–H and O–H groups in total. The quantitative estimate of drug-likeness (QED) is 0.550. The first-order chi connectivity index (χ1) is 13.6. The largest absolute Gasteiger partial charge is 0.393 e. The first kappa shape index (κ1) is 18.2. The molecule has 3 aromatic rings. The van der Waals surface area contributed by atoms with Crippen LogP contribution in [0.3, 0.4) is 0 Å². The van der Waals surface area contributed by atoms with Gasteiger partial charge in [-0.1, -0.05) is 6.07 Å². The first-order valence-corrected chi connectivity index (χ1v) is 9.42. The molecular formula is C19H23N7O2. The average Bonchev–Trinajstić information content (AvgIpc) is 3.10. The van der Waals surface area contributed by atoms with Gasteiger partial charge in [-0.25, -0.2) is 19.7 Å². The fraction of sp³-hybridized carbons (Fsp3) is 0.368. The van der Waals surface area contributed by atoms with Crippen molar-refractivity contribution in [3.8, 4) is 11.1 Å². The Bertz CT molecular complexity index is 962. The fourth-order valence-electron chi connectivity index (χ4n) is 3.26. The zero-order chi connectivity index (χ0) is 19.5. The molecule has 2 aromatic heterocycles. The van der Waals surface area contributed by atoms with Crippen LogP contribution in [0.1, 0.15) is 19.8 Å². The van der Waals surface area contributed by atoms with Crippen LogP contribution in [0.2, 0.25) is 0 Å². The van der Waals surface area contributed by atoms with Gasteiger partial charge in [-0.3, -0.25) is 5.32 Å². The molecule has 4 rings (SSSR count). The number of fused-ring (bicyclic) bond motifs is 1. The topological polar surface area (TPSA) is 119 Å². The Morgan fingerprint density at radius 1 is 1.25 bits per heavy atom.